The number of carbonyl (C=O) groups is 1. The van der Waals surface area contributed by atoms with E-state index in [0.29, 0.717) is 42.4 Å². The summed E-state index contributed by atoms with van der Waals surface area (Å²) < 4.78 is 1.40. The Balaban J connectivity index is 1.20. The van der Waals surface area contributed by atoms with Gasteiger partial charge < -0.3 is 4.90 Å². The fourth-order valence-electron chi connectivity index (χ4n) is 3.48. The molecule has 1 amide bonds. The smallest absolute Gasteiger partial charge is 0.249 e. The van der Waals surface area contributed by atoms with Crippen LogP contribution >= 0.6 is 11.6 Å². The highest BCUT2D eigenvalue weighted by atomic mass is 35.5. The number of anilines is 2. The van der Waals surface area contributed by atoms with E-state index >= 15 is 0 Å². The van der Waals surface area contributed by atoms with E-state index < -0.39 is 0 Å². The molecule has 1 aromatic carbocycles. The van der Waals surface area contributed by atoms with Crippen LogP contribution < -0.4 is 10.2 Å². The normalized spacial score (nSPS) is 14.9. The molecular weight excluding hydrogens is 408 g/mol. The number of hydrogen-bond donors (Lipinski definition) is 2. The Morgan fingerprint density at radius 1 is 1.17 bits per heavy atom. The van der Waals surface area contributed by atoms with E-state index in [4.69, 9.17) is 11.6 Å². The minimum atomic E-state index is -0.125. The lowest BCUT2D eigenvalue weighted by Gasteiger charge is -2.31. The molecule has 152 valence electrons. The summed E-state index contributed by atoms with van der Waals surface area (Å²) in [6, 6.07) is 11.0. The van der Waals surface area contributed by atoms with Gasteiger partial charge in [-0.25, -0.2) is 0 Å². The van der Waals surface area contributed by atoms with Gasteiger partial charge in [-0.1, -0.05) is 23.7 Å². The molecule has 1 saturated heterocycles. The Morgan fingerprint density at radius 2 is 2.00 bits per heavy atom. The number of tetrazole rings is 1. The largest absolute Gasteiger partial charge is 0.355 e. The molecule has 30 heavy (non-hydrogen) atoms. The first-order valence-electron chi connectivity index (χ1n) is 9.46. The van der Waals surface area contributed by atoms with Gasteiger partial charge in [0.1, 0.15) is 0 Å². The molecule has 0 unspecified atom stereocenters. The second-order valence-corrected chi connectivity index (χ2v) is 7.36. The van der Waals surface area contributed by atoms with E-state index in [1.807, 2.05) is 30.3 Å². The van der Waals surface area contributed by atoms with Gasteiger partial charge in [0, 0.05) is 24.6 Å². The Kier molecular flexibility index (Phi) is 4.71. The SMILES string of the molecule is O=C(Nc1n[nH]c(-c2ccccc2Cl)n1)C1CCN(c2ccc3nnnn3n2)CC1. The number of piperidine rings is 1. The number of H-pyrrole nitrogens is 1. The predicted molar refractivity (Wildman–Crippen MR) is 109 cm³/mol. The number of nitrogens with one attached hydrogen (secondary N) is 2. The molecule has 1 aliphatic heterocycles. The standard InChI is InChI=1S/C18H17ClN10O/c19-13-4-2-1-3-12(13)16-20-18(24-23-16)21-17(30)11-7-9-28(10-8-11)15-6-5-14-22-26-27-29(14)25-15/h1-6,11H,7-10H2,(H2,20,21,23,24,30). The van der Waals surface area contributed by atoms with E-state index in [-0.39, 0.29) is 17.8 Å². The lowest BCUT2D eigenvalue weighted by Crippen LogP contribution is -2.38. The highest BCUT2D eigenvalue weighted by molar-refractivity contribution is 6.33. The summed E-state index contributed by atoms with van der Waals surface area (Å²) in [5.74, 6) is 1.31. The van der Waals surface area contributed by atoms with Crippen molar-refractivity contribution in [1.29, 1.82) is 0 Å². The maximum absolute atomic E-state index is 12.7. The Morgan fingerprint density at radius 3 is 2.83 bits per heavy atom. The number of benzene rings is 1. The van der Waals surface area contributed by atoms with E-state index in [1.54, 1.807) is 6.07 Å². The molecule has 0 radical (unpaired) electrons. The number of hydrogen-bond acceptors (Lipinski definition) is 8. The van der Waals surface area contributed by atoms with Crippen LogP contribution in [0.15, 0.2) is 36.4 Å². The number of nitrogens with zero attached hydrogens (tertiary/aromatic N) is 8. The predicted octanol–water partition coefficient (Wildman–Crippen LogP) is 1.81. The summed E-state index contributed by atoms with van der Waals surface area (Å²) in [6.07, 6.45) is 1.39. The molecule has 0 aliphatic carbocycles. The Hall–Kier alpha value is -3.60. The average molecular weight is 425 g/mol. The molecule has 4 heterocycles. The van der Waals surface area contributed by atoms with E-state index in [1.165, 1.54) is 4.63 Å². The van der Waals surface area contributed by atoms with Crippen molar-refractivity contribution >= 4 is 34.9 Å². The van der Waals surface area contributed by atoms with Gasteiger partial charge in [0.15, 0.2) is 17.3 Å². The van der Waals surface area contributed by atoms with Crippen LogP contribution in [0, 0.1) is 5.92 Å². The van der Waals surface area contributed by atoms with Crippen LogP contribution in [0.1, 0.15) is 12.8 Å². The maximum atomic E-state index is 12.7. The van der Waals surface area contributed by atoms with Gasteiger partial charge in [-0.05, 0) is 47.5 Å². The molecule has 5 rings (SSSR count). The zero-order chi connectivity index (χ0) is 20.5. The summed E-state index contributed by atoms with van der Waals surface area (Å²) in [5, 5.41) is 25.9. The van der Waals surface area contributed by atoms with Gasteiger partial charge in [0.2, 0.25) is 11.9 Å². The number of halogens is 1. The van der Waals surface area contributed by atoms with Crippen LogP contribution in [-0.4, -0.2) is 59.4 Å². The number of amides is 1. The highest BCUT2D eigenvalue weighted by Crippen LogP contribution is 2.26. The molecule has 0 spiro atoms. The third-order valence-electron chi connectivity index (χ3n) is 5.09. The first-order valence-corrected chi connectivity index (χ1v) is 9.84. The molecule has 1 aliphatic rings. The zero-order valence-electron chi connectivity index (χ0n) is 15.7. The summed E-state index contributed by atoms with van der Waals surface area (Å²) >= 11 is 6.19. The summed E-state index contributed by atoms with van der Waals surface area (Å²) in [6.45, 7) is 1.41. The molecule has 3 aromatic heterocycles. The van der Waals surface area contributed by atoms with Crippen molar-refractivity contribution in [3.8, 4) is 11.4 Å². The zero-order valence-corrected chi connectivity index (χ0v) is 16.5. The lowest BCUT2D eigenvalue weighted by atomic mass is 9.96. The lowest BCUT2D eigenvalue weighted by molar-refractivity contribution is -0.120. The molecular formula is C18H17ClN10O. The average Bonchev–Trinajstić information content (AvgIpc) is 3.43. The number of aromatic amines is 1. The molecule has 0 atom stereocenters. The minimum absolute atomic E-state index is 0.0942. The van der Waals surface area contributed by atoms with Gasteiger partial charge in [0.05, 0.1) is 5.02 Å². The minimum Gasteiger partial charge on any atom is -0.355 e. The molecule has 11 nitrogen and oxygen atoms in total. The van der Waals surface area contributed by atoms with Crippen LogP contribution in [0.25, 0.3) is 17.0 Å². The fourth-order valence-corrected chi connectivity index (χ4v) is 3.71. The first kappa shape index (κ1) is 18.4. The van der Waals surface area contributed by atoms with Crippen molar-refractivity contribution in [1.82, 2.24) is 40.4 Å². The quantitative estimate of drug-likeness (QED) is 0.507. The van der Waals surface area contributed by atoms with E-state index in [2.05, 4.69) is 46.0 Å². The number of rotatable bonds is 4. The van der Waals surface area contributed by atoms with Gasteiger partial charge in [0.25, 0.3) is 0 Å². The van der Waals surface area contributed by atoms with Crippen LogP contribution in [0.4, 0.5) is 11.8 Å². The van der Waals surface area contributed by atoms with E-state index in [9.17, 15) is 4.79 Å². The highest BCUT2D eigenvalue weighted by Gasteiger charge is 2.27. The topological polar surface area (TPSA) is 130 Å². The van der Waals surface area contributed by atoms with Gasteiger partial charge in [-0.3, -0.25) is 15.2 Å². The molecule has 4 aromatic rings. The van der Waals surface area contributed by atoms with Crippen molar-refractivity contribution in [2.45, 2.75) is 12.8 Å². The molecule has 12 heteroatoms. The summed E-state index contributed by atoms with van der Waals surface area (Å²) in [5.41, 5.74) is 1.32. The maximum Gasteiger partial charge on any atom is 0.249 e. The van der Waals surface area contributed by atoms with Crippen molar-refractivity contribution in [2.24, 2.45) is 5.92 Å². The third-order valence-corrected chi connectivity index (χ3v) is 5.42. The van der Waals surface area contributed by atoms with Crippen molar-refractivity contribution in [3.05, 3.63) is 41.4 Å². The van der Waals surface area contributed by atoms with Crippen molar-refractivity contribution in [3.63, 3.8) is 0 Å². The van der Waals surface area contributed by atoms with E-state index in [0.717, 1.165) is 11.4 Å². The van der Waals surface area contributed by atoms with Gasteiger partial charge in [-0.2, -0.15) is 4.98 Å². The number of carbonyl (C=O) groups excluding carboxylic acids is 1. The summed E-state index contributed by atoms with van der Waals surface area (Å²) in [4.78, 5) is 19.1. The number of fused-ring (bicyclic) bond motifs is 1. The number of aromatic nitrogens is 8. The Bertz CT molecular complexity index is 1200. The molecule has 2 N–H and O–H groups in total. The Labute approximate surface area is 175 Å². The van der Waals surface area contributed by atoms with Crippen LogP contribution in [0.5, 0.6) is 0 Å². The second-order valence-electron chi connectivity index (χ2n) is 6.96. The summed E-state index contributed by atoms with van der Waals surface area (Å²) in [7, 11) is 0. The van der Waals surface area contributed by atoms with Crippen molar-refractivity contribution < 1.29 is 4.79 Å². The monoisotopic (exact) mass is 424 g/mol. The fraction of sp³-hybridized carbons (Fsp3) is 0.278. The third kappa shape index (κ3) is 3.54. The van der Waals surface area contributed by atoms with Crippen LogP contribution in [0.3, 0.4) is 0 Å². The van der Waals surface area contributed by atoms with Gasteiger partial charge in [-0.15, -0.1) is 19.9 Å². The van der Waals surface area contributed by atoms with Crippen LogP contribution in [-0.2, 0) is 4.79 Å². The molecule has 0 bridgehead atoms. The van der Waals surface area contributed by atoms with Crippen LogP contribution in [0.2, 0.25) is 5.02 Å². The van der Waals surface area contributed by atoms with Gasteiger partial charge >= 0.3 is 0 Å². The second kappa shape index (κ2) is 7.67. The molecule has 1 fully saturated rings. The van der Waals surface area contributed by atoms with Crippen molar-refractivity contribution in [2.75, 3.05) is 23.3 Å². The first-order chi connectivity index (χ1) is 14.7. The molecule has 0 saturated carbocycles.